The van der Waals surface area contributed by atoms with Crippen LogP contribution >= 0.6 is 0 Å². The van der Waals surface area contributed by atoms with Crippen molar-refractivity contribution in [1.82, 2.24) is 0 Å². The van der Waals surface area contributed by atoms with Gasteiger partial charge >= 0.3 is 0 Å². The minimum Gasteiger partial charge on any atom is -0.396 e. The van der Waals surface area contributed by atoms with E-state index in [2.05, 4.69) is 20.8 Å². The van der Waals surface area contributed by atoms with Gasteiger partial charge in [-0.15, -0.1) is 0 Å². The van der Waals surface area contributed by atoms with E-state index in [1.165, 1.54) is 25.7 Å². The Balaban J connectivity index is 1.64. The van der Waals surface area contributed by atoms with Gasteiger partial charge in [0.15, 0.2) is 0 Å². The van der Waals surface area contributed by atoms with Crippen LogP contribution in [-0.2, 0) is 0 Å². The summed E-state index contributed by atoms with van der Waals surface area (Å²) in [6.45, 7) is 7.21. The van der Waals surface area contributed by atoms with Gasteiger partial charge in [-0.3, -0.25) is 0 Å². The van der Waals surface area contributed by atoms with Crippen LogP contribution in [-0.4, -0.2) is 34.1 Å². The van der Waals surface area contributed by atoms with Crippen molar-refractivity contribution in [3.8, 4) is 0 Å². The van der Waals surface area contributed by atoms with Crippen LogP contribution in [0.4, 0.5) is 0 Å². The highest BCUT2D eigenvalue weighted by molar-refractivity contribution is 5.12. The summed E-state index contributed by atoms with van der Waals surface area (Å²) in [6, 6.07) is 0. The zero-order valence-corrected chi connectivity index (χ0v) is 16.3. The summed E-state index contributed by atoms with van der Waals surface area (Å²) < 4.78 is 0. The first kappa shape index (κ1) is 18.3. The van der Waals surface area contributed by atoms with Crippen molar-refractivity contribution < 1.29 is 15.3 Å². The van der Waals surface area contributed by atoms with Crippen molar-refractivity contribution in [2.45, 2.75) is 84.3 Å². The SMILES string of the molecule is C[C@H](CO)[C@H]1CCC2C3CCC4C[C@H](O)CC[C@]4(C)C3C[C@H](O)[C@@]21C. The zero-order valence-electron chi connectivity index (χ0n) is 16.3. The van der Waals surface area contributed by atoms with Crippen molar-refractivity contribution in [1.29, 1.82) is 0 Å². The Morgan fingerprint density at radius 3 is 2.44 bits per heavy atom. The molecule has 0 saturated heterocycles. The van der Waals surface area contributed by atoms with Crippen LogP contribution in [0.1, 0.15) is 72.1 Å². The molecule has 10 atom stereocenters. The van der Waals surface area contributed by atoms with E-state index < -0.39 is 0 Å². The standard InChI is InChI=1S/C22H38O3/c1-13(12-23)17-6-7-18-16-5-4-14-10-15(24)8-9-21(14,2)19(16)11-20(25)22(17,18)3/h13-20,23-25H,4-12H2,1-3H3/t13-,14?,15-,16?,17-,18?,19?,20+,21+,22-/m1/s1. The summed E-state index contributed by atoms with van der Waals surface area (Å²) in [5, 5.41) is 31.2. The van der Waals surface area contributed by atoms with Gasteiger partial charge in [0.05, 0.1) is 12.2 Å². The van der Waals surface area contributed by atoms with Gasteiger partial charge in [0.2, 0.25) is 0 Å². The van der Waals surface area contributed by atoms with Gasteiger partial charge in [-0.05, 0) is 97.7 Å². The molecule has 4 unspecified atom stereocenters. The molecule has 4 aliphatic carbocycles. The molecule has 0 heterocycles. The summed E-state index contributed by atoms with van der Waals surface area (Å²) in [6.07, 6.45) is 8.59. The summed E-state index contributed by atoms with van der Waals surface area (Å²) in [7, 11) is 0. The molecule has 4 rings (SSSR count). The molecule has 3 heteroatoms. The molecular weight excluding hydrogens is 312 g/mol. The van der Waals surface area contributed by atoms with Crippen LogP contribution < -0.4 is 0 Å². The van der Waals surface area contributed by atoms with Gasteiger partial charge < -0.3 is 15.3 Å². The van der Waals surface area contributed by atoms with Gasteiger partial charge in [0.1, 0.15) is 0 Å². The molecule has 0 amide bonds. The number of rotatable bonds is 2. The summed E-state index contributed by atoms with van der Waals surface area (Å²) in [4.78, 5) is 0. The maximum Gasteiger partial charge on any atom is 0.0602 e. The van der Waals surface area contributed by atoms with Crippen molar-refractivity contribution in [2.75, 3.05) is 6.61 Å². The van der Waals surface area contributed by atoms with E-state index in [-0.39, 0.29) is 30.1 Å². The summed E-state index contributed by atoms with van der Waals surface area (Å²) in [5.74, 6) is 3.36. The van der Waals surface area contributed by atoms with Gasteiger partial charge in [0, 0.05) is 6.61 Å². The Kier molecular flexibility index (Phi) is 4.53. The summed E-state index contributed by atoms with van der Waals surface area (Å²) in [5.41, 5.74) is 0.297. The summed E-state index contributed by atoms with van der Waals surface area (Å²) >= 11 is 0. The molecule has 3 N–H and O–H groups in total. The molecule has 3 nitrogen and oxygen atoms in total. The van der Waals surface area contributed by atoms with Crippen LogP contribution in [0, 0.1) is 46.3 Å². The van der Waals surface area contributed by atoms with Gasteiger partial charge in [0.25, 0.3) is 0 Å². The molecule has 0 spiro atoms. The average Bonchev–Trinajstić information content (AvgIpc) is 2.95. The lowest BCUT2D eigenvalue weighted by Crippen LogP contribution is -2.58. The molecule has 0 bridgehead atoms. The molecule has 0 aliphatic heterocycles. The van der Waals surface area contributed by atoms with E-state index in [0.29, 0.717) is 29.1 Å². The monoisotopic (exact) mass is 350 g/mol. The second kappa shape index (κ2) is 6.21. The third-order valence-electron chi connectivity index (χ3n) is 9.79. The number of aliphatic hydroxyl groups excluding tert-OH is 3. The number of hydrogen-bond acceptors (Lipinski definition) is 3. The molecule has 0 aromatic carbocycles. The lowest BCUT2D eigenvalue weighted by molar-refractivity contribution is -0.175. The molecule has 25 heavy (non-hydrogen) atoms. The zero-order chi connectivity index (χ0) is 18.0. The molecule has 0 aromatic heterocycles. The van der Waals surface area contributed by atoms with E-state index in [4.69, 9.17) is 0 Å². The molecule has 0 aromatic rings. The normalized spacial score (nSPS) is 56.6. The Morgan fingerprint density at radius 1 is 0.960 bits per heavy atom. The fraction of sp³-hybridized carbons (Fsp3) is 1.00. The van der Waals surface area contributed by atoms with E-state index in [9.17, 15) is 15.3 Å². The maximum atomic E-state index is 11.3. The Labute approximate surface area is 153 Å². The third kappa shape index (κ3) is 2.48. The molecule has 0 radical (unpaired) electrons. The Morgan fingerprint density at radius 2 is 1.72 bits per heavy atom. The molecule has 4 fully saturated rings. The Bertz CT molecular complexity index is 508. The van der Waals surface area contributed by atoms with Crippen LogP contribution in [0.15, 0.2) is 0 Å². The smallest absolute Gasteiger partial charge is 0.0602 e. The minimum absolute atomic E-state index is 0.0132. The first-order valence-electron chi connectivity index (χ1n) is 10.8. The largest absolute Gasteiger partial charge is 0.396 e. The number of fused-ring (bicyclic) bond motifs is 5. The van der Waals surface area contributed by atoms with Crippen molar-refractivity contribution in [2.24, 2.45) is 46.3 Å². The average molecular weight is 351 g/mol. The maximum absolute atomic E-state index is 11.3. The highest BCUT2D eigenvalue weighted by atomic mass is 16.3. The van der Waals surface area contributed by atoms with E-state index in [0.717, 1.165) is 31.6 Å². The quantitative estimate of drug-likeness (QED) is 0.713. The van der Waals surface area contributed by atoms with Gasteiger partial charge in [-0.2, -0.15) is 0 Å². The number of aliphatic hydroxyl groups is 3. The van der Waals surface area contributed by atoms with Crippen LogP contribution in [0.25, 0.3) is 0 Å². The molecule has 4 aliphatic rings. The predicted octanol–water partition coefficient (Wildman–Crippen LogP) is 3.61. The fourth-order valence-electron chi connectivity index (χ4n) is 8.29. The predicted molar refractivity (Wildman–Crippen MR) is 98.9 cm³/mol. The first-order chi connectivity index (χ1) is 11.8. The first-order valence-corrected chi connectivity index (χ1v) is 10.8. The van der Waals surface area contributed by atoms with E-state index in [1.807, 2.05) is 0 Å². The van der Waals surface area contributed by atoms with Crippen molar-refractivity contribution in [3.05, 3.63) is 0 Å². The van der Waals surface area contributed by atoms with Crippen molar-refractivity contribution in [3.63, 3.8) is 0 Å². The van der Waals surface area contributed by atoms with Gasteiger partial charge in [-0.1, -0.05) is 20.8 Å². The second-order valence-electron chi connectivity index (χ2n) is 10.5. The molecule has 4 saturated carbocycles. The van der Waals surface area contributed by atoms with Crippen LogP contribution in [0.5, 0.6) is 0 Å². The number of hydrogen-bond donors (Lipinski definition) is 3. The van der Waals surface area contributed by atoms with Crippen molar-refractivity contribution >= 4 is 0 Å². The lowest BCUT2D eigenvalue weighted by Gasteiger charge is -2.62. The molecular formula is C22H38O3. The van der Waals surface area contributed by atoms with Gasteiger partial charge in [-0.25, -0.2) is 0 Å². The highest BCUT2D eigenvalue weighted by Gasteiger charge is 2.63. The minimum atomic E-state index is -0.234. The lowest BCUT2D eigenvalue weighted by atomic mass is 9.43. The molecule has 144 valence electrons. The fourth-order valence-corrected chi connectivity index (χ4v) is 8.29. The third-order valence-corrected chi connectivity index (χ3v) is 9.79. The van der Waals surface area contributed by atoms with E-state index >= 15 is 0 Å². The van der Waals surface area contributed by atoms with E-state index in [1.54, 1.807) is 0 Å². The van der Waals surface area contributed by atoms with Crippen LogP contribution in [0.3, 0.4) is 0 Å². The Hall–Kier alpha value is -0.120. The van der Waals surface area contributed by atoms with Crippen LogP contribution in [0.2, 0.25) is 0 Å². The highest BCUT2D eigenvalue weighted by Crippen LogP contribution is 2.68. The topological polar surface area (TPSA) is 60.7 Å². The second-order valence-corrected chi connectivity index (χ2v) is 10.5.